The van der Waals surface area contributed by atoms with E-state index in [1.54, 1.807) is 38.1 Å². The number of amides is 2. The molecule has 146 valence electrons. The van der Waals surface area contributed by atoms with Crippen LogP contribution in [0.5, 0.6) is 0 Å². The number of nitrogens with zero attached hydrogens (tertiary/aromatic N) is 1. The summed E-state index contributed by atoms with van der Waals surface area (Å²) < 4.78 is 6.02. The van der Waals surface area contributed by atoms with E-state index in [0.717, 1.165) is 14.8 Å². The van der Waals surface area contributed by atoms with Gasteiger partial charge in [-0.3, -0.25) is 9.59 Å². The van der Waals surface area contributed by atoms with Crippen LogP contribution in [0.2, 0.25) is 5.02 Å². The molecule has 3 aromatic carbocycles. The van der Waals surface area contributed by atoms with Crippen molar-refractivity contribution in [1.29, 1.82) is 0 Å². The summed E-state index contributed by atoms with van der Waals surface area (Å²) in [5.41, 5.74) is 1.18. The molecular weight excluding hydrogens is 458 g/mol. The molecule has 0 fully saturated rings. The maximum Gasteiger partial charge on any atom is 0.339 e. The molecule has 0 bridgehead atoms. The Morgan fingerprint density at radius 2 is 1.72 bits per heavy atom. The number of carbonyl (C=O) groups is 3. The van der Waals surface area contributed by atoms with Crippen LogP contribution < -0.4 is 4.90 Å². The highest BCUT2D eigenvalue weighted by atomic mass is 79.9. The lowest BCUT2D eigenvalue weighted by Gasteiger charge is -2.28. The average molecular weight is 473 g/mol. The van der Waals surface area contributed by atoms with Crippen LogP contribution in [-0.2, 0) is 4.74 Å². The summed E-state index contributed by atoms with van der Waals surface area (Å²) in [6.45, 7) is 3.45. The van der Waals surface area contributed by atoms with Crippen molar-refractivity contribution >= 4 is 61.8 Å². The summed E-state index contributed by atoms with van der Waals surface area (Å²) in [5, 5.41) is 1.59. The first kappa shape index (κ1) is 19.6. The van der Waals surface area contributed by atoms with Gasteiger partial charge in [-0.1, -0.05) is 39.7 Å². The Hall–Kier alpha value is -2.70. The topological polar surface area (TPSA) is 63.7 Å². The van der Waals surface area contributed by atoms with Crippen molar-refractivity contribution in [2.75, 3.05) is 4.90 Å². The van der Waals surface area contributed by atoms with Crippen LogP contribution in [0.25, 0.3) is 10.8 Å². The first-order valence-corrected chi connectivity index (χ1v) is 10.1. The molecule has 0 radical (unpaired) electrons. The van der Waals surface area contributed by atoms with Crippen LogP contribution in [0.15, 0.2) is 53.0 Å². The zero-order chi connectivity index (χ0) is 20.9. The fraction of sp³-hybridized carbons (Fsp3) is 0.136. The van der Waals surface area contributed by atoms with Crippen molar-refractivity contribution in [2.45, 2.75) is 20.0 Å². The van der Waals surface area contributed by atoms with Gasteiger partial charge in [-0.25, -0.2) is 9.69 Å². The number of esters is 1. The molecule has 1 aliphatic rings. The fourth-order valence-electron chi connectivity index (χ4n) is 3.38. The molecule has 3 aromatic rings. The van der Waals surface area contributed by atoms with Crippen LogP contribution in [0, 0.1) is 0 Å². The van der Waals surface area contributed by atoms with Gasteiger partial charge in [0.2, 0.25) is 0 Å². The third-order valence-corrected chi connectivity index (χ3v) is 5.65. The smallest absolute Gasteiger partial charge is 0.339 e. The molecule has 2 amide bonds. The quantitative estimate of drug-likeness (QED) is 0.366. The molecule has 0 atom stereocenters. The van der Waals surface area contributed by atoms with Gasteiger partial charge in [0.25, 0.3) is 11.8 Å². The summed E-state index contributed by atoms with van der Waals surface area (Å²) in [6, 6.07) is 13.2. The number of hydrogen-bond acceptors (Lipinski definition) is 4. The van der Waals surface area contributed by atoms with Crippen LogP contribution in [0.3, 0.4) is 0 Å². The van der Waals surface area contributed by atoms with Crippen molar-refractivity contribution in [1.82, 2.24) is 0 Å². The minimum absolute atomic E-state index is 0.0956. The molecule has 0 unspecified atom stereocenters. The van der Waals surface area contributed by atoms with Gasteiger partial charge in [0.05, 0.1) is 22.4 Å². The summed E-state index contributed by atoms with van der Waals surface area (Å²) in [7, 11) is 0. The van der Waals surface area contributed by atoms with E-state index in [1.165, 1.54) is 18.2 Å². The fourth-order valence-corrected chi connectivity index (χ4v) is 4.04. The van der Waals surface area contributed by atoms with Gasteiger partial charge in [-0.2, -0.15) is 0 Å². The van der Waals surface area contributed by atoms with Crippen molar-refractivity contribution < 1.29 is 19.1 Å². The third-order valence-electron chi connectivity index (χ3n) is 4.63. The van der Waals surface area contributed by atoms with E-state index in [1.807, 2.05) is 6.07 Å². The minimum atomic E-state index is -0.616. The Morgan fingerprint density at radius 1 is 1.03 bits per heavy atom. The Labute approximate surface area is 180 Å². The van der Waals surface area contributed by atoms with E-state index >= 15 is 0 Å². The van der Waals surface area contributed by atoms with E-state index in [0.29, 0.717) is 16.5 Å². The molecule has 0 spiro atoms. The number of benzene rings is 3. The van der Waals surface area contributed by atoms with E-state index in [9.17, 15) is 14.4 Å². The number of carbonyl (C=O) groups excluding carboxylic acids is 3. The second-order valence-electron chi connectivity index (χ2n) is 6.89. The van der Waals surface area contributed by atoms with Crippen LogP contribution in [0.1, 0.15) is 44.9 Å². The van der Waals surface area contributed by atoms with Crippen LogP contribution >= 0.6 is 27.5 Å². The molecule has 7 heteroatoms. The van der Waals surface area contributed by atoms with E-state index in [4.69, 9.17) is 16.3 Å². The van der Waals surface area contributed by atoms with Crippen molar-refractivity contribution in [2.24, 2.45) is 0 Å². The number of anilines is 1. The molecule has 0 aliphatic carbocycles. The summed E-state index contributed by atoms with van der Waals surface area (Å²) in [6.07, 6.45) is -0.330. The first-order chi connectivity index (χ1) is 13.8. The minimum Gasteiger partial charge on any atom is -0.459 e. The molecule has 0 saturated heterocycles. The number of hydrogen-bond donors (Lipinski definition) is 0. The monoisotopic (exact) mass is 471 g/mol. The summed E-state index contributed by atoms with van der Waals surface area (Å²) in [4.78, 5) is 39.8. The molecule has 0 aromatic heterocycles. The van der Waals surface area contributed by atoms with E-state index < -0.39 is 17.8 Å². The molecule has 5 nitrogen and oxygen atoms in total. The highest BCUT2D eigenvalue weighted by molar-refractivity contribution is 9.10. The lowest BCUT2D eigenvalue weighted by molar-refractivity contribution is 0.0377. The third kappa shape index (κ3) is 3.22. The zero-order valence-electron chi connectivity index (χ0n) is 15.5. The molecule has 0 saturated carbocycles. The lowest BCUT2D eigenvalue weighted by atomic mass is 9.93. The zero-order valence-corrected chi connectivity index (χ0v) is 17.9. The Bertz CT molecular complexity index is 1180. The first-order valence-electron chi connectivity index (χ1n) is 8.90. The van der Waals surface area contributed by atoms with Gasteiger partial charge in [0, 0.05) is 21.0 Å². The maximum atomic E-state index is 13.2. The highest BCUT2D eigenvalue weighted by Gasteiger charge is 2.34. The van der Waals surface area contributed by atoms with Crippen LogP contribution in [0.4, 0.5) is 5.69 Å². The van der Waals surface area contributed by atoms with Crippen molar-refractivity contribution in [3.63, 3.8) is 0 Å². The second kappa shape index (κ2) is 7.28. The Morgan fingerprint density at radius 3 is 2.41 bits per heavy atom. The molecular formula is C22H15BrClNO4. The van der Waals surface area contributed by atoms with E-state index in [2.05, 4.69) is 15.9 Å². The summed E-state index contributed by atoms with van der Waals surface area (Å²) >= 11 is 9.62. The van der Waals surface area contributed by atoms with Crippen LogP contribution in [-0.4, -0.2) is 23.9 Å². The number of rotatable bonds is 3. The molecule has 1 aliphatic heterocycles. The van der Waals surface area contributed by atoms with Gasteiger partial charge in [0.1, 0.15) is 0 Å². The number of ether oxygens (including phenoxy) is 1. The highest BCUT2D eigenvalue weighted by Crippen LogP contribution is 2.36. The van der Waals surface area contributed by atoms with E-state index in [-0.39, 0.29) is 22.4 Å². The maximum absolute atomic E-state index is 13.2. The molecule has 0 N–H and O–H groups in total. The Balaban J connectivity index is 1.85. The second-order valence-corrected chi connectivity index (χ2v) is 8.15. The standard InChI is InChI=1S/C22H15BrClNO4/c1-11(2)29-22(28)16-10-12(6-9-18(16)24)25-20(26)14-5-3-4-13-17(23)8-7-15(19(13)14)21(25)27/h3-11H,1-2H3. The Kier molecular flexibility index (Phi) is 4.92. The predicted molar refractivity (Wildman–Crippen MR) is 115 cm³/mol. The van der Waals surface area contributed by atoms with Gasteiger partial charge < -0.3 is 4.74 Å². The SMILES string of the molecule is CC(C)OC(=O)c1cc(N2C(=O)c3cccc4c(Br)ccc(c34)C2=O)ccc1Cl. The van der Waals surface area contributed by atoms with Crippen molar-refractivity contribution in [3.05, 3.63) is 74.7 Å². The van der Waals surface area contributed by atoms with Gasteiger partial charge in [0.15, 0.2) is 0 Å². The normalized spacial score (nSPS) is 13.3. The molecule has 1 heterocycles. The molecule has 29 heavy (non-hydrogen) atoms. The van der Waals surface area contributed by atoms with Gasteiger partial charge >= 0.3 is 5.97 Å². The van der Waals surface area contributed by atoms with Gasteiger partial charge in [-0.05, 0) is 55.6 Å². The lowest BCUT2D eigenvalue weighted by Crippen LogP contribution is -2.40. The largest absolute Gasteiger partial charge is 0.459 e. The number of imide groups is 1. The predicted octanol–water partition coefficient (Wildman–Crippen LogP) is 5.62. The average Bonchev–Trinajstić information content (AvgIpc) is 2.68. The number of halogens is 2. The van der Waals surface area contributed by atoms with Gasteiger partial charge in [-0.15, -0.1) is 0 Å². The molecule has 4 rings (SSSR count). The van der Waals surface area contributed by atoms with Crippen molar-refractivity contribution in [3.8, 4) is 0 Å². The summed E-state index contributed by atoms with van der Waals surface area (Å²) in [5.74, 6) is -1.54.